The Morgan fingerprint density at radius 2 is 2.12 bits per heavy atom. The van der Waals surface area contributed by atoms with Gasteiger partial charge < -0.3 is 9.84 Å². The zero-order chi connectivity index (χ0) is 12.5. The van der Waals surface area contributed by atoms with Gasteiger partial charge in [0.15, 0.2) is 5.60 Å². The first-order valence-corrected chi connectivity index (χ1v) is 6.05. The summed E-state index contributed by atoms with van der Waals surface area (Å²) in [5.74, 6) is -0.916. The number of rotatable bonds is 4. The van der Waals surface area contributed by atoms with Crippen LogP contribution in [0.25, 0.3) is 0 Å². The molecule has 1 aromatic rings. The maximum Gasteiger partial charge on any atom is 0.340 e. The number of ether oxygens (including phenoxy) is 1. The maximum absolute atomic E-state index is 11.5. The average molecular weight is 234 g/mol. The van der Waals surface area contributed by atoms with Gasteiger partial charge in [-0.15, -0.1) is 0 Å². The number of methoxy groups -OCH3 is 1. The van der Waals surface area contributed by atoms with Crippen molar-refractivity contribution in [3.63, 3.8) is 0 Å². The summed E-state index contributed by atoms with van der Waals surface area (Å²) in [5.41, 5.74) is 2.19. The Bertz CT molecular complexity index is 433. The first kappa shape index (κ1) is 12.1. The smallest absolute Gasteiger partial charge is 0.340 e. The quantitative estimate of drug-likeness (QED) is 0.870. The summed E-state index contributed by atoms with van der Waals surface area (Å²) in [6.45, 7) is 1.84. The van der Waals surface area contributed by atoms with E-state index < -0.39 is 11.6 Å². The summed E-state index contributed by atoms with van der Waals surface area (Å²) in [6, 6.07) is 5.94. The second-order valence-electron chi connectivity index (χ2n) is 4.53. The molecule has 2 rings (SSSR count). The van der Waals surface area contributed by atoms with Crippen molar-refractivity contribution >= 4 is 5.97 Å². The molecule has 1 aliphatic carbocycles. The molecule has 1 atom stereocenters. The number of benzene rings is 1. The van der Waals surface area contributed by atoms with Gasteiger partial charge in [-0.05, 0) is 42.4 Å². The number of hydrogen-bond donors (Lipinski definition) is 1. The molecule has 1 aliphatic rings. The molecule has 3 heteroatoms. The molecule has 0 saturated heterocycles. The number of carbonyl (C=O) groups is 1. The molecule has 1 N–H and O–H groups in total. The van der Waals surface area contributed by atoms with Crippen molar-refractivity contribution in [3.05, 3.63) is 34.9 Å². The lowest BCUT2D eigenvalue weighted by atomic mass is 9.89. The predicted octanol–water partition coefficient (Wildman–Crippen LogP) is 2.51. The summed E-state index contributed by atoms with van der Waals surface area (Å²) in [4.78, 5) is 11.5. The molecule has 0 radical (unpaired) electrons. The molecular weight excluding hydrogens is 216 g/mol. The topological polar surface area (TPSA) is 46.5 Å². The van der Waals surface area contributed by atoms with Crippen molar-refractivity contribution in [1.82, 2.24) is 0 Å². The van der Waals surface area contributed by atoms with Gasteiger partial charge in [-0.3, -0.25) is 0 Å². The Balaban J connectivity index is 2.47. The zero-order valence-electron chi connectivity index (χ0n) is 10.3. The fourth-order valence-corrected chi connectivity index (χ4v) is 2.65. The van der Waals surface area contributed by atoms with Crippen LogP contribution in [0, 0.1) is 0 Å². The summed E-state index contributed by atoms with van der Waals surface area (Å²) in [6.07, 6.45) is 3.75. The van der Waals surface area contributed by atoms with Crippen molar-refractivity contribution in [2.24, 2.45) is 0 Å². The van der Waals surface area contributed by atoms with Crippen LogP contribution in [0.3, 0.4) is 0 Å². The van der Waals surface area contributed by atoms with Gasteiger partial charge in [0.1, 0.15) is 0 Å². The first-order chi connectivity index (χ1) is 8.14. The van der Waals surface area contributed by atoms with E-state index in [9.17, 15) is 9.90 Å². The molecule has 17 heavy (non-hydrogen) atoms. The van der Waals surface area contributed by atoms with E-state index in [1.165, 1.54) is 18.2 Å². The highest BCUT2D eigenvalue weighted by Gasteiger charge is 2.39. The third kappa shape index (κ3) is 1.84. The van der Waals surface area contributed by atoms with Crippen molar-refractivity contribution in [1.29, 1.82) is 0 Å². The highest BCUT2D eigenvalue weighted by molar-refractivity contribution is 5.79. The van der Waals surface area contributed by atoms with E-state index in [4.69, 9.17) is 4.74 Å². The Kier molecular flexibility index (Phi) is 3.20. The van der Waals surface area contributed by atoms with Crippen LogP contribution in [0.1, 0.15) is 36.5 Å². The summed E-state index contributed by atoms with van der Waals surface area (Å²) in [5, 5.41) is 9.40. The van der Waals surface area contributed by atoms with Crippen LogP contribution in [-0.4, -0.2) is 18.2 Å². The lowest BCUT2D eigenvalue weighted by Crippen LogP contribution is -2.37. The van der Waals surface area contributed by atoms with Gasteiger partial charge in [0.2, 0.25) is 0 Å². The van der Waals surface area contributed by atoms with Gasteiger partial charge in [-0.1, -0.05) is 25.1 Å². The van der Waals surface area contributed by atoms with Crippen LogP contribution >= 0.6 is 0 Å². The van der Waals surface area contributed by atoms with E-state index in [0.29, 0.717) is 6.42 Å². The number of fused-ring (bicyclic) bond motifs is 1. The maximum atomic E-state index is 11.5. The molecule has 0 bridgehead atoms. The van der Waals surface area contributed by atoms with Gasteiger partial charge in [-0.25, -0.2) is 4.79 Å². The van der Waals surface area contributed by atoms with Crippen molar-refractivity contribution < 1.29 is 14.6 Å². The largest absolute Gasteiger partial charge is 0.479 e. The molecule has 1 aromatic carbocycles. The molecule has 0 spiro atoms. The summed E-state index contributed by atoms with van der Waals surface area (Å²) >= 11 is 0. The predicted molar refractivity (Wildman–Crippen MR) is 65.1 cm³/mol. The minimum atomic E-state index is -1.20. The molecule has 0 aromatic heterocycles. The van der Waals surface area contributed by atoms with Crippen LogP contribution in [0.2, 0.25) is 0 Å². The van der Waals surface area contributed by atoms with Crippen LogP contribution in [-0.2, 0) is 28.0 Å². The molecule has 0 heterocycles. The fourth-order valence-electron chi connectivity index (χ4n) is 2.65. The third-order valence-electron chi connectivity index (χ3n) is 3.76. The molecule has 0 amide bonds. The van der Waals surface area contributed by atoms with E-state index in [-0.39, 0.29) is 0 Å². The third-order valence-corrected chi connectivity index (χ3v) is 3.76. The first-order valence-electron chi connectivity index (χ1n) is 6.05. The second-order valence-corrected chi connectivity index (χ2v) is 4.53. The minimum absolute atomic E-state index is 0.428. The van der Waals surface area contributed by atoms with E-state index in [1.807, 2.05) is 25.1 Å². The molecule has 1 unspecified atom stereocenters. The normalized spacial score (nSPS) is 17.5. The van der Waals surface area contributed by atoms with Crippen LogP contribution in [0.15, 0.2) is 18.2 Å². The Hall–Kier alpha value is -1.35. The van der Waals surface area contributed by atoms with E-state index in [0.717, 1.165) is 24.8 Å². The van der Waals surface area contributed by atoms with Crippen molar-refractivity contribution in [3.8, 4) is 0 Å². The van der Waals surface area contributed by atoms with Gasteiger partial charge >= 0.3 is 5.97 Å². The monoisotopic (exact) mass is 234 g/mol. The number of carboxylic acid groups (broad SMARTS) is 1. The Morgan fingerprint density at radius 3 is 2.71 bits per heavy atom. The van der Waals surface area contributed by atoms with Crippen molar-refractivity contribution in [2.45, 2.75) is 38.2 Å². The minimum Gasteiger partial charge on any atom is -0.479 e. The number of carboxylic acids is 1. The van der Waals surface area contributed by atoms with Gasteiger partial charge in [0.25, 0.3) is 0 Å². The number of aryl methyl sites for hydroxylation is 2. The summed E-state index contributed by atoms with van der Waals surface area (Å²) < 4.78 is 5.29. The lowest BCUT2D eigenvalue weighted by Gasteiger charge is -2.27. The summed E-state index contributed by atoms with van der Waals surface area (Å²) in [7, 11) is 1.46. The number of hydrogen-bond acceptors (Lipinski definition) is 2. The van der Waals surface area contributed by atoms with Crippen LogP contribution in [0.4, 0.5) is 0 Å². The Labute approximate surface area is 101 Å². The molecular formula is C14H18O3. The van der Waals surface area contributed by atoms with Gasteiger partial charge in [0, 0.05) is 7.11 Å². The highest BCUT2D eigenvalue weighted by Crippen LogP contribution is 2.33. The van der Waals surface area contributed by atoms with E-state index >= 15 is 0 Å². The average Bonchev–Trinajstić information content (AvgIpc) is 2.78. The molecule has 92 valence electrons. The van der Waals surface area contributed by atoms with E-state index in [2.05, 4.69) is 0 Å². The zero-order valence-corrected chi connectivity index (χ0v) is 10.3. The highest BCUT2D eigenvalue weighted by atomic mass is 16.5. The number of aliphatic carboxylic acids is 1. The van der Waals surface area contributed by atoms with Crippen LogP contribution < -0.4 is 0 Å². The van der Waals surface area contributed by atoms with Gasteiger partial charge in [0.05, 0.1) is 0 Å². The fraction of sp³-hybridized carbons (Fsp3) is 0.500. The van der Waals surface area contributed by atoms with Gasteiger partial charge in [-0.2, -0.15) is 0 Å². The molecule has 0 aliphatic heterocycles. The molecule has 0 saturated carbocycles. The Morgan fingerprint density at radius 1 is 1.41 bits per heavy atom. The van der Waals surface area contributed by atoms with Crippen molar-refractivity contribution in [2.75, 3.05) is 7.11 Å². The standard InChI is InChI=1S/C14H18O3/c1-3-14(17-2,13(15)16)12-8-7-10-5-4-6-11(10)9-12/h7-9H,3-6H2,1-2H3,(H,15,16). The molecule has 0 fully saturated rings. The molecule has 3 nitrogen and oxygen atoms in total. The van der Waals surface area contributed by atoms with E-state index in [1.54, 1.807) is 0 Å². The SMILES string of the molecule is CCC(OC)(C(=O)O)c1ccc2c(c1)CCC2. The van der Waals surface area contributed by atoms with Crippen LogP contribution in [0.5, 0.6) is 0 Å². The lowest BCUT2D eigenvalue weighted by molar-refractivity contribution is -0.164. The second kappa shape index (κ2) is 4.49.